The Morgan fingerprint density at radius 3 is 2.40 bits per heavy atom. The zero-order valence-corrected chi connectivity index (χ0v) is 13.3. The predicted molar refractivity (Wildman–Crippen MR) is 80.4 cm³/mol. The molecule has 2 N–H and O–H groups in total. The van der Waals surface area contributed by atoms with Crippen LogP contribution >= 0.6 is 0 Å². The smallest absolute Gasteiger partial charge is 0.217 e. The van der Waals surface area contributed by atoms with Crippen LogP contribution < -0.4 is 10.6 Å². The summed E-state index contributed by atoms with van der Waals surface area (Å²) in [6, 6.07) is 0. The normalized spacial score (nSPS) is 25.1. The van der Waals surface area contributed by atoms with Gasteiger partial charge in [-0.1, -0.05) is 6.92 Å². The van der Waals surface area contributed by atoms with Crippen LogP contribution in [0.2, 0.25) is 0 Å². The summed E-state index contributed by atoms with van der Waals surface area (Å²) in [6.07, 6.45) is 3.32. The standard InChI is InChI=1S/C15H29N3O2/c1-5-9-18(10-8-16-12(2)19)11-14-6-7-15(14,4)17-13(3)20/h14H,5-11H2,1-4H3,(H,16,19)(H,17,20)/t14?,15-/m0/s1. The number of amides is 2. The highest BCUT2D eigenvalue weighted by molar-refractivity contribution is 5.74. The van der Waals surface area contributed by atoms with E-state index in [1.54, 1.807) is 13.8 Å². The lowest BCUT2D eigenvalue weighted by Gasteiger charge is -2.49. The van der Waals surface area contributed by atoms with Crippen molar-refractivity contribution in [2.45, 2.75) is 52.5 Å². The quantitative estimate of drug-likeness (QED) is 0.702. The first kappa shape index (κ1) is 17.0. The summed E-state index contributed by atoms with van der Waals surface area (Å²) in [5, 5.41) is 5.94. The van der Waals surface area contributed by atoms with Crippen molar-refractivity contribution in [3.63, 3.8) is 0 Å². The second-order valence-corrected chi connectivity index (χ2v) is 6.12. The van der Waals surface area contributed by atoms with Gasteiger partial charge in [0, 0.05) is 39.0 Å². The number of hydrogen-bond donors (Lipinski definition) is 2. The van der Waals surface area contributed by atoms with Crippen LogP contribution in [0.25, 0.3) is 0 Å². The molecule has 0 heterocycles. The van der Waals surface area contributed by atoms with Crippen molar-refractivity contribution in [1.29, 1.82) is 0 Å². The minimum absolute atomic E-state index is 0.0215. The Labute approximate surface area is 122 Å². The topological polar surface area (TPSA) is 61.4 Å². The molecular weight excluding hydrogens is 254 g/mol. The summed E-state index contributed by atoms with van der Waals surface area (Å²) < 4.78 is 0. The average Bonchev–Trinajstić information content (AvgIpc) is 2.33. The molecule has 0 aromatic carbocycles. The van der Waals surface area contributed by atoms with Crippen molar-refractivity contribution in [3.8, 4) is 0 Å². The third-order valence-corrected chi connectivity index (χ3v) is 4.20. The number of carbonyl (C=O) groups excluding carboxylic acids is 2. The Hall–Kier alpha value is -1.10. The van der Waals surface area contributed by atoms with E-state index in [2.05, 4.69) is 29.4 Å². The maximum absolute atomic E-state index is 11.3. The van der Waals surface area contributed by atoms with E-state index >= 15 is 0 Å². The third kappa shape index (κ3) is 5.12. The zero-order valence-electron chi connectivity index (χ0n) is 13.3. The first-order chi connectivity index (χ1) is 9.37. The minimum atomic E-state index is -0.0498. The van der Waals surface area contributed by atoms with E-state index in [4.69, 9.17) is 0 Å². The Balaban J connectivity index is 2.44. The van der Waals surface area contributed by atoms with Crippen LogP contribution in [-0.2, 0) is 9.59 Å². The molecule has 0 aromatic heterocycles. The monoisotopic (exact) mass is 283 g/mol. The third-order valence-electron chi connectivity index (χ3n) is 4.20. The van der Waals surface area contributed by atoms with Gasteiger partial charge in [0.25, 0.3) is 0 Å². The number of carbonyl (C=O) groups is 2. The largest absolute Gasteiger partial charge is 0.355 e. The Morgan fingerprint density at radius 2 is 1.95 bits per heavy atom. The number of rotatable bonds is 8. The van der Waals surface area contributed by atoms with E-state index in [1.807, 2.05) is 0 Å². The molecule has 0 bridgehead atoms. The molecule has 1 unspecified atom stereocenters. The molecule has 0 saturated heterocycles. The van der Waals surface area contributed by atoms with Gasteiger partial charge >= 0.3 is 0 Å². The van der Waals surface area contributed by atoms with Crippen molar-refractivity contribution in [1.82, 2.24) is 15.5 Å². The van der Waals surface area contributed by atoms with Gasteiger partial charge in [-0.05, 0) is 38.6 Å². The minimum Gasteiger partial charge on any atom is -0.355 e. The molecule has 5 nitrogen and oxygen atoms in total. The first-order valence-corrected chi connectivity index (χ1v) is 7.63. The summed E-state index contributed by atoms with van der Waals surface area (Å²) in [5.41, 5.74) is -0.0498. The summed E-state index contributed by atoms with van der Waals surface area (Å²) in [6.45, 7) is 11.0. The molecule has 0 aromatic rings. The van der Waals surface area contributed by atoms with Gasteiger partial charge in [0.05, 0.1) is 0 Å². The Bertz CT molecular complexity index is 346. The summed E-state index contributed by atoms with van der Waals surface area (Å²) in [5.74, 6) is 0.584. The summed E-state index contributed by atoms with van der Waals surface area (Å²) in [7, 11) is 0. The molecule has 0 aliphatic heterocycles. The van der Waals surface area contributed by atoms with Gasteiger partial charge in [-0.3, -0.25) is 9.59 Å². The fourth-order valence-electron chi connectivity index (χ4n) is 2.95. The lowest BCUT2D eigenvalue weighted by molar-refractivity contribution is -0.123. The predicted octanol–water partition coefficient (Wildman–Crippen LogP) is 1.14. The summed E-state index contributed by atoms with van der Waals surface area (Å²) >= 11 is 0. The molecule has 20 heavy (non-hydrogen) atoms. The van der Waals surface area contributed by atoms with Crippen LogP contribution in [0, 0.1) is 5.92 Å². The highest BCUT2D eigenvalue weighted by Crippen LogP contribution is 2.38. The van der Waals surface area contributed by atoms with E-state index in [-0.39, 0.29) is 17.4 Å². The molecule has 1 aliphatic carbocycles. The Morgan fingerprint density at radius 1 is 1.25 bits per heavy atom. The van der Waals surface area contributed by atoms with E-state index in [0.717, 1.165) is 38.9 Å². The molecule has 1 aliphatic rings. The summed E-state index contributed by atoms with van der Waals surface area (Å²) in [4.78, 5) is 24.6. The molecular formula is C15H29N3O2. The van der Waals surface area contributed by atoms with Crippen molar-refractivity contribution in [3.05, 3.63) is 0 Å². The molecule has 2 amide bonds. The number of hydrogen-bond acceptors (Lipinski definition) is 3. The number of nitrogens with one attached hydrogen (secondary N) is 2. The molecule has 1 rings (SSSR count). The lowest BCUT2D eigenvalue weighted by atomic mass is 9.67. The Kier molecular flexibility index (Phi) is 6.46. The fourth-order valence-corrected chi connectivity index (χ4v) is 2.95. The molecule has 1 fully saturated rings. The van der Waals surface area contributed by atoms with Gasteiger partial charge in [-0.25, -0.2) is 0 Å². The van der Waals surface area contributed by atoms with Gasteiger partial charge in [-0.2, -0.15) is 0 Å². The maximum atomic E-state index is 11.3. The van der Waals surface area contributed by atoms with Gasteiger partial charge in [-0.15, -0.1) is 0 Å². The van der Waals surface area contributed by atoms with Gasteiger partial charge in [0.2, 0.25) is 11.8 Å². The first-order valence-electron chi connectivity index (χ1n) is 7.63. The van der Waals surface area contributed by atoms with Crippen LogP contribution in [0.1, 0.15) is 47.0 Å². The van der Waals surface area contributed by atoms with E-state index in [1.165, 1.54) is 0 Å². The van der Waals surface area contributed by atoms with Crippen LogP contribution in [0.5, 0.6) is 0 Å². The highest BCUT2D eigenvalue weighted by Gasteiger charge is 2.43. The van der Waals surface area contributed by atoms with Gasteiger partial charge in [0.15, 0.2) is 0 Å². The molecule has 116 valence electrons. The van der Waals surface area contributed by atoms with Crippen molar-refractivity contribution in [2.75, 3.05) is 26.2 Å². The van der Waals surface area contributed by atoms with Crippen molar-refractivity contribution < 1.29 is 9.59 Å². The van der Waals surface area contributed by atoms with Gasteiger partial charge in [0.1, 0.15) is 0 Å². The SMILES string of the molecule is CCCN(CCNC(C)=O)CC1CC[C@]1(C)NC(C)=O. The van der Waals surface area contributed by atoms with Gasteiger partial charge < -0.3 is 15.5 Å². The number of nitrogens with zero attached hydrogens (tertiary/aromatic N) is 1. The molecule has 1 saturated carbocycles. The fraction of sp³-hybridized carbons (Fsp3) is 0.867. The lowest BCUT2D eigenvalue weighted by Crippen LogP contribution is -2.60. The van der Waals surface area contributed by atoms with Crippen molar-refractivity contribution in [2.24, 2.45) is 5.92 Å². The zero-order chi connectivity index (χ0) is 15.2. The van der Waals surface area contributed by atoms with Crippen molar-refractivity contribution >= 4 is 11.8 Å². The van der Waals surface area contributed by atoms with Crippen LogP contribution in [0.3, 0.4) is 0 Å². The van der Waals surface area contributed by atoms with Crippen LogP contribution in [0.15, 0.2) is 0 Å². The molecule has 0 spiro atoms. The average molecular weight is 283 g/mol. The van der Waals surface area contributed by atoms with Crippen LogP contribution in [0.4, 0.5) is 0 Å². The van der Waals surface area contributed by atoms with E-state index < -0.39 is 0 Å². The van der Waals surface area contributed by atoms with E-state index in [9.17, 15) is 9.59 Å². The maximum Gasteiger partial charge on any atom is 0.217 e. The second-order valence-electron chi connectivity index (χ2n) is 6.12. The molecule has 0 radical (unpaired) electrons. The van der Waals surface area contributed by atoms with Crippen LogP contribution in [-0.4, -0.2) is 48.4 Å². The van der Waals surface area contributed by atoms with E-state index in [0.29, 0.717) is 12.5 Å². The molecule has 5 heteroatoms. The highest BCUT2D eigenvalue weighted by atomic mass is 16.2. The second kappa shape index (κ2) is 7.62. The molecule has 2 atom stereocenters.